The van der Waals surface area contributed by atoms with E-state index >= 15 is 0 Å². The van der Waals surface area contributed by atoms with Crippen LogP contribution in [0.15, 0.2) is 17.4 Å². The second kappa shape index (κ2) is 13.4. The molecule has 1 aliphatic rings. The molecule has 2 atom stereocenters. The van der Waals surface area contributed by atoms with Crippen LogP contribution in [-0.4, -0.2) is 72.4 Å². The Morgan fingerprint density at radius 2 is 2.19 bits per heavy atom. The standard InChI is InChI=1S/C19H32F3N5O3.HI/c1-3-23-17(25-8-5-12-29-14-15-6-4-13-30-15)26-9-7-18(28,19(20,21)22)16-24-10-11-27(16)2;/h10-11,15,28H,3-9,12-14H2,1-2H3,(H2,23,25,26);1H. The van der Waals surface area contributed by atoms with Gasteiger partial charge in [0.05, 0.1) is 12.7 Å². The number of guanidine groups is 1. The number of hydrogen-bond donors (Lipinski definition) is 3. The van der Waals surface area contributed by atoms with Crippen molar-refractivity contribution in [1.29, 1.82) is 0 Å². The smallest absolute Gasteiger partial charge is 0.379 e. The number of imidazole rings is 1. The van der Waals surface area contributed by atoms with Crippen LogP contribution in [0, 0.1) is 0 Å². The minimum atomic E-state index is -4.86. The van der Waals surface area contributed by atoms with E-state index in [4.69, 9.17) is 9.47 Å². The summed E-state index contributed by atoms with van der Waals surface area (Å²) < 4.78 is 52.9. The van der Waals surface area contributed by atoms with Crippen molar-refractivity contribution in [2.75, 3.05) is 39.5 Å². The molecule has 12 heteroatoms. The van der Waals surface area contributed by atoms with Crippen molar-refractivity contribution in [2.45, 2.75) is 50.5 Å². The molecule has 1 aromatic rings. The third kappa shape index (κ3) is 8.39. The quantitative estimate of drug-likeness (QED) is 0.166. The topological polar surface area (TPSA) is 92.9 Å². The molecule has 180 valence electrons. The lowest BCUT2D eigenvalue weighted by atomic mass is 9.97. The Morgan fingerprint density at radius 3 is 2.77 bits per heavy atom. The van der Waals surface area contributed by atoms with E-state index in [9.17, 15) is 18.3 Å². The van der Waals surface area contributed by atoms with Crippen LogP contribution in [0.25, 0.3) is 0 Å². The molecule has 2 unspecified atom stereocenters. The fourth-order valence-electron chi connectivity index (χ4n) is 3.20. The van der Waals surface area contributed by atoms with Crippen LogP contribution >= 0.6 is 24.0 Å². The number of halogens is 4. The van der Waals surface area contributed by atoms with Gasteiger partial charge in [0.2, 0.25) is 5.60 Å². The predicted molar refractivity (Wildman–Crippen MR) is 122 cm³/mol. The van der Waals surface area contributed by atoms with Gasteiger partial charge in [0.15, 0.2) is 5.96 Å². The third-order valence-electron chi connectivity index (χ3n) is 4.83. The maximum atomic E-state index is 13.6. The Kier molecular flexibility index (Phi) is 12.1. The predicted octanol–water partition coefficient (Wildman–Crippen LogP) is 2.32. The lowest BCUT2D eigenvalue weighted by Gasteiger charge is -2.30. The number of rotatable bonds is 11. The third-order valence-corrected chi connectivity index (χ3v) is 4.83. The van der Waals surface area contributed by atoms with Gasteiger partial charge in [0, 0.05) is 58.7 Å². The summed E-state index contributed by atoms with van der Waals surface area (Å²) in [6.07, 6.45) is 0.0916. The molecular weight excluding hydrogens is 530 g/mol. The highest BCUT2D eigenvalue weighted by Gasteiger charge is 2.57. The molecule has 0 bridgehead atoms. The molecule has 1 aromatic heterocycles. The highest BCUT2D eigenvalue weighted by molar-refractivity contribution is 14.0. The van der Waals surface area contributed by atoms with E-state index in [-0.39, 0.29) is 36.6 Å². The number of nitrogens with one attached hydrogen (secondary N) is 2. The second-order valence-electron chi connectivity index (χ2n) is 7.22. The number of aryl methyl sites for hydroxylation is 1. The van der Waals surface area contributed by atoms with E-state index < -0.39 is 24.0 Å². The zero-order valence-electron chi connectivity index (χ0n) is 18.0. The number of nitrogens with zero attached hydrogens (tertiary/aromatic N) is 3. The molecule has 0 spiro atoms. The van der Waals surface area contributed by atoms with E-state index in [0.29, 0.717) is 38.7 Å². The first-order valence-corrected chi connectivity index (χ1v) is 10.3. The molecule has 2 rings (SSSR count). The molecular formula is C19H33F3IN5O3. The molecule has 2 heterocycles. The van der Waals surface area contributed by atoms with Gasteiger partial charge in [0.25, 0.3) is 0 Å². The first-order valence-electron chi connectivity index (χ1n) is 10.3. The summed E-state index contributed by atoms with van der Waals surface area (Å²) in [6, 6.07) is 0. The van der Waals surface area contributed by atoms with Crippen LogP contribution in [0.4, 0.5) is 13.2 Å². The van der Waals surface area contributed by atoms with Crippen molar-refractivity contribution in [1.82, 2.24) is 20.2 Å². The molecule has 0 radical (unpaired) electrons. The Morgan fingerprint density at radius 1 is 1.42 bits per heavy atom. The summed E-state index contributed by atoms with van der Waals surface area (Å²) in [5, 5.41) is 16.2. The lowest BCUT2D eigenvalue weighted by Crippen LogP contribution is -2.48. The van der Waals surface area contributed by atoms with Crippen LogP contribution in [0.2, 0.25) is 0 Å². The van der Waals surface area contributed by atoms with Crippen LogP contribution < -0.4 is 10.6 Å². The van der Waals surface area contributed by atoms with Gasteiger partial charge >= 0.3 is 6.18 Å². The summed E-state index contributed by atoms with van der Waals surface area (Å²) in [7, 11) is 1.42. The average molecular weight is 563 g/mol. The van der Waals surface area contributed by atoms with Crippen molar-refractivity contribution in [3.63, 3.8) is 0 Å². The number of aliphatic imine (C=N–C) groups is 1. The van der Waals surface area contributed by atoms with Gasteiger partial charge in [-0.05, 0) is 26.2 Å². The first-order chi connectivity index (χ1) is 14.3. The molecule has 1 fully saturated rings. The Bertz CT molecular complexity index is 668. The van der Waals surface area contributed by atoms with Crippen molar-refractivity contribution in [3.05, 3.63) is 18.2 Å². The monoisotopic (exact) mass is 563 g/mol. The van der Waals surface area contributed by atoms with E-state index in [0.717, 1.165) is 19.4 Å². The lowest BCUT2D eigenvalue weighted by molar-refractivity contribution is -0.272. The fraction of sp³-hybridized carbons (Fsp3) is 0.789. The maximum Gasteiger partial charge on any atom is 0.424 e. The van der Waals surface area contributed by atoms with Crippen LogP contribution in [-0.2, 0) is 22.1 Å². The highest BCUT2D eigenvalue weighted by Crippen LogP contribution is 2.40. The van der Waals surface area contributed by atoms with E-state index in [1.165, 1.54) is 24.0 Å². The molecule has 0 aliphatic carbocycles. The van der Waals surface area contributed by atoms with Crippen LogP contribution in [0.5, 0.6) is 0 Å². The normalized spacial score (nSPS) is 19.0. The number of alkyl halides is 3. The summed E-state index contributed by atoms with van der Waals surface area (Å²) in [5.74, 6) is -0.0527. The van der Waals surface area contributed by atoms with Gasteiger partial charge in [-0.2, -0.15) is 13.2 Å². The Hall–Kier alpha value is -1.12. The summed E-state index contributed by atoms with van der Waals surface area (Å²) in [6.45, 7) is 4.65. The minimum absolute atomic E-state index is 0. The zero-order chi connectivity index (χ0) is 22.0. The number of aromatic nitrogens is 2. The van der Waals surface area contributed by atoms with Crippen molar-refractivity contribution < 1.29 is 27.8 Å². The van der Waals surface area contributed by atoms with Crippen molar-refractivity contribution >= 4 is 29.9 Å². The molecule has 0 saturated carbocycles. The summed E-state index contributed by atoms with van der Waals surface area (Å²) in [4.78, 5) is 8.04. The van der Waals surface area contributed by atoms with Gasteiger partial charge in [-0.15, -0.1) is 24.0 Å². The van der Waals surface area contributed by atoms with Crippen LogP contribution in [0.1, 0.15) is 38.4 Å². The number of aliphatic hydroxyl groups is 1. The molecule has 3 N–H and O–H groups in total. The first kappa shape index (κ1) is 27.9. The minimum Gasteiger partial charge on any atom is -0.379 e. The van der Waals surface area contributed by atoms with Gasteiger partial charge in [-0.3, -0.25) is 4.99 Å². The Balaban J connectivity index is 0.00000480. The molecule has 1 saturated heterocycles. The second-order valence-corrected chi connectivity index (χ2v) is 7.22. The summed E-state index contributed by atoms with van der Waals surface area (Å²) in [5.41, 5.74) is -3.05. The van der Waals surface area contributed by atoms with Crippen LogP contribution in [0.3, 0.4) is 0 Å². The zero-order valence-corrected chi connectivity index (χ0v) is 20.3. The molecule has 31 heavy (non-hydrogen) atoms. The number of ether oxygens (including phenoxy) is 2. The van der Waals surface area contributed by atoms with Gasteiger partial charge in [-0.25, -0.2) is 4.98 Å². The van der Waals surface area contributed by atoms with Crippen molar-refractivity contribution in [3.8, 4) is 0 Å². The van der Waals surface area contributed by atoms with E-state index in [1.807, 2.05) is 6.92 Å². The summed E-state index contributed by atoms with van der Waals surface area (Å²) >= 11 is 0. The van der Waals surface area contributed by atoms with Gasteiger partial charge < -0.3 is 29.8 Å². The highest BCUT2D eigenvalue weighted by atomic mass is 127. The fourth-order valence-corrected chi connectivity index (χ4v) is 3.20. The van der Waals surface area contributed by atoms with E-state index in [2.05, 4.69) is 20.6 Å². The van der Waals surface area contributed by atoms with Crippen molar-refractivity contribution in [2.24, 2.45) is 12.0 Å². The molecule has 8 nitrogen and oxygen atoms in total. The molecule has 0 amide bonds. The molecule has 1 aliphatic heterocycles. The van der Waals surface area contributed by atoms with Gasteiger partial charge in [0.1, 0.15) is 5.82 Å². The maximum absolute atomic E-state index is 13.6. The largest absolute Gasteiger partial charge is 0.424 e. The number of hydrogen-bond acceptors (Lipinski definition) is 5. The molecule has 0 aromatic carbocycles. The average Bonchev–Trinajstić information content (AvgIpc) is 3.35. The Labute approximate surface area is 198 Å². The van der Waals surface area contributed by atoms with E-state index in [1.54, 1.807) is 0 Å². The SMILES string of the molecule is CCNC(=NCCCOCC1CCCO1)NCCC(O)(c1nccn1C)C(F)(F)F.I. The van der Waals surface area contributed by atoms with Gasteiger partial charge in [-0.1, -0.05) is 0 Å².